The number of nitrogens with zero attached hydrogens (tertiary/aromatic N) is 1. The summed E-state index contributed by atoms with van der Waals surface area (Å²) in [5.74, 6) is -0.826. The molecular formula is C10H13F2N3O2. The number of alkyl halides is 2. The number of rotatable bonds is 4. The number of nitrogens with two attached hydrogens (primary N) is 2. The van der Waals surface area contributed by atoms with Gasteiger partial charge in [-0.15, -0.1) is 0 Å². The number of carbonyl (C=O) groups is 1. The first-order chi connectivity index (χ1) is 7.99. The van der Waals surface area contributed by atoms with Crippen LogP contribution >= 0.6 is 0 Å². The number of aromatic nitrogens is 1. The monoisotopic (exact) mass is 245 g/mol. The fourth-order valence-electron chi connectivity index (χ4n) is 1.34. The molecule has 1 heterocycles. The summed E-state index contributed by atoms with van der Waals surface area (Å²) in [5.41, 5.74) is 11.0. The van der Waals surface area contributed by atoms with Gasteiger partial charge in [-0.25, -0.2) is 13.8 Å². The van der Waals surface area contributed by atoms with Gasteiger partial charge in [-0.3, -0.25) is 4.79 Å². The number of esters is 1. The Kier molecular flexibility index (Phi) is 4.33. The summed E-state index contributed by atoms with van der Waals surface area (Å²) in [5, 5.41) is 0. The largest absolute Gasteiger partial charge is 0.469 e. The molecule has 0 amide bonds. The predicted octanol–water partition coefficient (Wildman–Crippen LogP) is 0.776. The molecule has 4 N–H and O–H groups in total. The third-order valence-electron chi connectivity index (χ3n) is 2.25. The molecule has 0 aliphatic rings. The number of methoxy groups -OCH3 is 1. The highest BCUT2D eigenvalue weighted by Gasteiger charge is 2.17. The Hall–Kier alpha value is -1.76. The van der Waals surface area contributed by atoms with Crippen molar-refractivity contribution in [1.29, 1.82) is 0 Å². The number of nitrogen functional groups attached to an aromatic ring is 1. The number of ether oxygens (including phenoxy) is 1. The van der Waals surface area contributed by atoms with Gasteiger partial charge in [0.1, 0.15) is 5.82 Å². The fourth-order valence-corrected chi connectivity index (χ4v) is 1.34. The molecule has 0 unspecified atom stereocenters. The lowest BCUT2D eigenvalue weighted by molar-refractivity contribution is -0.139. The molecule has 1 aromatic rings. The van der Waals surface area contributed by atoms with Crippen molar-refractivity contribution in [2.24, 2.45) is 5.73 Å². The van der Waals surface area contributed by atoms with Gasteiger partial charge in [0, 0.05) is 6.54 Å². The highest BCUT2D eigenvalue weighted by molar-refractivity contribution is 5.72. The van der Waals surface area contributed by atoms with Crippen molar-refractivity contribution in [3.8, 4) is 0 Å². The molecule has 0 saturated heterocycles. The number of carbonyl (C=O) groups excluding carboxylic acids is 1. The van der Waals surface area contributed by atoms with E-state index < -0.39 is 12.4 Å². The molecule has 0 aromatic carbocycles. The highest BCUT2D eigenvalue weighted by Crippen LogP contribution is 2.26. The normalized spacial score (nSPS) is 10.6. The third-order valence-corrected chi connectivity index (χ3v) is 2.25. The minimum absolute atomic E-state index is 0.000667. The van der Waals surface area contributed by atoms with E-state index in [4.69, 9.17) is 11.5 Å². The van der Waals surface area contributed by atoms with Crippen LogP contribution < -0.4 is 11.5 Å². The Bertz CT molecular complexity index is 424. The molecule has 1 aromatic heterocycles. The molecule has 0 aliphatic carbocycles. The molecule has 0 spiro atoms. The van der Waals surface area contributed by atoms with E-state index in [9.17, 15) is 13.6 Å². The van der Waals surface area contributed by atoms with E-state index in [0.29, 0.717) is 5.56 Å². The van der Waals surface area contributed by atoms with E-state index in [-0.39, 0.29) is 30.0 Å². The first-order valence-electron chi connectivity index (χ1n) is 4.82. The maximum atomic E-state index is 12.6. The van der Waals surface area contributed by atoms with Gasteiger partial charge in [0.25, 0.3) is 6.43 Å². The maximum absolute atomic E-state index is 12.6. The zero-order valence-corrected chi connectivity index (χ0v) is 9.24. The molecule has 0 saturated carbocycles. The number of halogens is 2. The number of hydrogen-bond acceptors (Lipinski definition) is 5. The van der Waals surface area contributed by atoms with Crippen LogP contribution in [0, 0.1) is 0 Å². The van der Waals surface area contributed by atoms with Gasteiger partial charge in [0.05, 0.1) is 24.8 Å². The third kappa shape index (κ3) is 3.10. The molecule has 1 rings (SSSR count). The number of anilines is 1. The van der Waals surface area contributed by atoms with Gasteiger partial charge >= 0.3 is 5.97 Å². The molecule has 0 aliphatic heterocycles. The van der Waals surface area contributed by atoms with Crippen LogP contribution in [-0.4, -0.2) is 18.1 Å². The topological polar surface area (TPSA) is 91.2 Å². The van der Waals surface area contributed by atoms with Gasteiger partial charge in [-0.05, 0) is 11.6 Å². The first kappa shape index (κ1) is 13.3. The van der Waals surface area contributed by atoms with Crippen LogP contribution in [0.25, 0.3) is 0 Å². The molecule has 0 fully saturated rings. The smallest absolute Gasteiger partial charge is 0.311 e. The first-order valence-corrected chi connectivity index (χ1v) is 4.82. The van der Waals surface area contributed by atoms with E-state index in [1.807, 2.05) is 0 Å². The SMILES string of the molecule is COC(=O)Cc1nc(N)c(C(F)F)cc1CN. The molecule has 7 heteroatoms. The molecule has 17 heavy (non-hydrogen) atoms. The maximum Gasteiger partial charge on any atom is 0.311 e. The zero-order chi connectivity index (χ0) is 13.0. The Balaban J connectivity index is 3.14. The van der Waals surface area contributed by atoms with E-state index in [1.165, 1.54) is 13.2 Å². The second-order valence-corrected chi connectivity index (χ2v) is 3.33. The van der Waals surface area contributed by atoms with Crippen LogP contribution in [0.2, 0.25) is 0 Å². The van der Waals surface area contributed by atoms with Crippen molar-refractivity contribution in [1.82, 2.24) is 4.98 Å². The molecule has 0 atom stereocenters. The second-order valence-electron chi connectivity index (χ2n) is 3.33. The summed E-state index contributed by atoms with van der Waals surface area (Å²) in [6.45, 7) is -0.000667. The van der Waals surface area contributed by atoms with Crippen molar-refractivity contribution in [2.75, 3.05) is 12.8 Å². The molecule has 5 nitrogen and oxygen atoms in total. The lowest BCUT2D eigenvalue weighted by atomic mass is 10.1. The van der Waals surface area contributed by atoms with Crippen LogP contribution in [0.5, 0.6) is 0 Å². The standard InChI is InChI=1S/C10H13F2N3O2/c1-17-8(16)3-7-5(4-13)2-6(9(11)12)10(14)15-7/h2,9H,3-4,13H2,1H3,(H2,14,15). The Morgan fingerprint density at radius 3 is 2.71 bits per heavy atom. The fraction of sp³-hybridized carbons (Fsp3) is 0.400. The van der Waals surface area contributed by atoms with Gasteiger partial charge in [0.2, 0.25) is 0 Å². The summed E-state index contributed by atoms with van der Waals surface area (Å²) in [4.78, 5) is 14.9. The van der Waals surface area contributed by atoms with Crippen LogP contribution in [0.3, 0.4) is 0 Å². The van der Waals surface area contributed by atoms with Crippen molar-refractivity contribution >= 4 is 11.8 Å². The van der Waals surface area contributed by atoms with Crippen molar-refractivity contribution in [3.63, 3.8) is 0 Å². The van der Waals surface area contributed by atoms with Crippen molar-refractivity contribution in [2.45, 2.75) is 19.4 Å². The van der Waals surface area contributed by atoms with Crippen LogP contribution in [0.15, 0.2) is 6.07 Å². The lowest BCUT2D eigenvalue weighted by Gasteiger charge is -2.11. The number of hydrogen-bond donors (Lipinski definition) is 2. The summed E-state index contributed by atoms with van der Waals surface area (Å²) < 4.78 is 29.6. The Morgan fingerprint density at radius 1 is 1.59 bits per heavy atom. The second kappa shape index (κ2) is 5.53. The van der Waals surface area contributed by atoms with Gasteiger partial charge in [-0.1, -0.05) is 0 Å². The average molecular weight is 245 g/mol. The van der Waals surface area contributed by atoms with Gasteiger partial charge < -0.3 is 16.2 Å². The van der Waals surface area contributed by atoms with E-state index >= 15 is 0 Å². The Morgan fingerprint density at radius 2 is 2.24 bits per heavy atom. The highest BCUT2D eigenvalue weighted by atomic mass is 19.3. The summed E-state index contributed by atoms with van der Waals surface area (Å²) in [7, 11) is 1.22. The minimum Gasteiger partial charge on any atom is -0.469 e. The van der Waals surface area contributed by atoms with Crippen molar-refractivity contribution < 1.29 is 18.3 Å². The minimum atomic E-state index is -2.72. The predicted molar refractivity (Wildman–Crippen MR) is 57.2 cm³/mol. The quantitative estimate of drug-likeness (QED) is 0.765. The molecule has 94 valence electrons. The van der Waals surface area contributed by atoms with E-state index in [1.54, 1.807) is 0 Å². The molecule has 0 radical (unpaired) electrons. The number of pyridine rings is 1. The van der Waals surface area contributed by atoms with Gasteiger partial charge in [-0.2, -0.15) is 0 Å². The summed E-state index contributed by atoms with van der Waals surface area (Å²) in [6, 6.07) is 1.17. The summed E-state index contributed by atoms with van der Waals surface area (Å²) in [6.07, 6.45) is -2.86. The zero-order valence-electron chi connectivity index (χ0n) is 9.24. The molecular weight excluding hydrogens is 232 g/mol. The lowest BCUT2D eigenvalue weighted by Crippen LogP contribution is -2.13. The summed E-state index contributed by atoms with van der Waals surface area (Å²) >= 11 is 0. The van der Waals surface area contributed by atoms with Gasteiger partial charge in [0.15, 0.2) is 0 Å². The van der Waals surface area contributed by atoms with Crippen LogP contribution in [-0.2, 0) is 22.5 Å². The Labute approximate surface area is 96.8 Å². The van der Waals surface area contributed by atoms with Crippen LogP contribution in [0.1, 0.15) is 23.2 Å². The average Bonchev–Trinajstić information content (AvgIpc) is 2.28. The van der Waals surface area contributed by atoms with E-state index in [0.717, 1.165) is 0 Å². The molecule has 0 bridgehead atoms. The van der Waals surface area contributed by atoms with Crippen molar-refractivity contribution in [3.05, 3.63) is 22.9 Å². The van der Waals surface area contributed by atoms with E-state index in [2.05, 4.69) is 9.72 Å². The van der Waals surface area contributed by atoms with Crippen LogP contribution in [0.4, 0.5) is 14.6 Å².